The Morgan fingerprint density at radius 2 is 2.47 bits per heavy atom. The highest BCUT2D eigenvalue weighted by molar-refractivity contribution is 7.15. The van der Waals surface area contributed by atoms with Crippen LogP contribution >= 0.6 is 23.7 Å². The average molecular weight is 278 g/mol. The molecule has 1 unspecified atom stereocenters. The summed E-state index contributed by atoms with van der Waals surface area (Å²) in [6, 6.07) is -0.127. The molecule has 1 aromatic rings. The van der Waals surface area contributed by atoms with Gasteiger partial charge in [0.05, 0.1) is 23.8 Å². The lowest BCUT2D eigenvalue weighted by atomic mass is 10.2. The van der Waals surface area contributed by atoms with Crippen molar-refractivity contribution < 1.29 is 9.53 Å². The minimum atomic E-state index is -0.127. The minimum absolute atomic E-state index is 0. The van der Waals surface area contributed by atoms with E-state index in [-0.39, 0.29) is 24.4 Å². The second kappa shape index (κ2) is 6.30. The first-order valence-corrected chi connectivity index (χ1v) is 6.08. The zero-order valence-electron chi connectivity index (χ0n) is 9.56. The summed E-state index contributed by atoms with van der Waals surface area (Å²) in [5.41, 5.74) is 6.60. The van der Waals surface area contributed by atoms with E-state index in [0.717, 1.165) is 17.0 Å². The maximum atomic E-state index is 11.5. The number of nitrogens with one attached hydrogen (secondary N) is 1. The summed E-state index contributed by atoms with van der Waals surface area (Å²) in [4.78, 5) is 17.0. The second-order valence-electron chi connectivity index (χ2n) is 3.92. The van der Waals surface area contributed by atoms with Crippen LogP contribution in [0.4, 0.5) is 5.13 Å². The summed E-state index contributed by atoms with van der Waals surface area (Å²) in [6.45, 7) is 3.13. The zero-order chi connectivity index (χ0) is 11.5. The highest BCUT2D eigenvalue weighted by atomic mass is 35.5. The van der Waals surface area contributed by atoms with E-state index >= 15 is 0 Å². The van der Waals surface area contributed by atoms with E-state index in [1.807, 2.05) is 0 Å². The van der Waals surface area contributed by atoms with Crippen molar-refractivity contribution in [3.63, 3.8) is 0 Å². The van der Waals surface area contributed by atoms with Gasteiger partial charge in [-0.15, -0.1) is 12.4 Å². The number of hydrogen-bond donors (Lipinski definition) is 2. The van der Waals surface area contributed by atoms with Gasteiger partial charge in [-0.25, -0.2) is 4.98 Å². The number of carbonyl (C=O) groups excluding carboxylic acids is 1. The predicted octanol–water partition coefficient (Wildman–Crippen LogP) is 1.31. The van der Waals surface area contributed by atoms with Crippen molar-refractivity contribution in [2.24, 2.45) is 5.73 Å². The van der Waals surface area contributed by atoms with Gasteiger partial charge in [-0.1, -0.05) is 11.3 Å². The zero-order valence-corrected chi connectivity index (χ0v) is 11.2. The number of anilines is 1. The lowest BCUT2D eigenvalue weighted by Crippen LogP contribution is -2.23. The number of ether oxygens (including phenoxy) is 1. The first kappa shape index (κ1) is 14.4. The standard InChI is InChI=1S/C10H15N3O2S.ClH/c1-6(11)4-9(14)13-10-12-7-2-3-15-5-8(7)16-10;/h6H,2-5,11H2,1H3,(H,12,13,14);1H. The number of carbonyl (C=O) groups is 1. The van der Waals surface area contributed by atoms with Crippen LogP contribution in [0.1, 0.15) is 23.9 Å². The number of rotatable bonds is 3. The highest BCUT2D eigenvalue weighted by Gasteiger charge is 2.16. The molecule has 0 spiro atoms. The van der Waals surface area contributed by atoms with Crippen LogP contribution in [0.5, 0.6) is 0 Å². The van der Waals surface area contributed by atoms with Crippen LogP contribution < -0.4 is 11.1 Å². The molecule has 0 radical (unpaired) electrons. The highest BCUT2D eigenvalue weighted by Crippen LogP contribution is 2.26. The maximum absolute atomic E-state index is 11.5. The van der Waals surface area contributed by atoms with Crippen molar-refractivity contribution in [2.45, 2.75) is 32.4 Å². The summed E-state index contributed by atoms with van der Waals surface area (Å²) in [5.74, 6) is -0.0815. The van der Waals surface area contributed by atoms with Crippen LogP contribution in [0.2, 0.25) is 0 Å². The molecule has 2 heterocycles. The third-order valence-corrected chi connectivity index (χ3v) is 3.23. The fraction of sp³-hybridized carbons (Fsp3) is 0.600. The molecule has 17 heavy (non-hydrogen) atoms. The molecule has 0 saturated heterocycles. The van der Waals surface area contributed by atoms with Crippen LogP contribution in [0.25, 0.3) is 0 Å². The van der Waals surface area contributed by atoms with Gasteiger partial charge < -0.3 is 15.8 Å². The average Bonchev–Trinajstić information content (AvgIpc) is 2.57. The quantitative estimate of drug-likeness (QED) is 0.873. The normalized spacial score (nSPS) is 15.6. The van der Waals surface area contributed by atoms with Gasteiger partial charge in [0.15, 0.2) is 5.13 Å². The Morgan fingerprint density at radius 3 is 3.12 bits per heavy atom. The monoisotopic (exact) mass is 277 g/mol. The molecule has 1 atom stereocenters. The molecule has 0 aromatic carbocycles. The lowest BCUT2D eigenvalue weighted by Gasteiger charge is -2.08. The number of halogens is 1. The number of nitrogens with two attached hydrogens (primary N) is 1. The third-order valence-electron chi connectivity index (χ3n) is 2.25. The van der Waals surface area contributed by atoms with Gasteiger partial charge in [0, 0.05) is 18.9 Å². The molecule has 0 aliphatic carbocycles. The van der Waals surface area contributed by atoms with Gasteiger partial charge in [-0.3, -0.25) is 4.79 Å². The molecule has 1 aromatic heterocycles. The van der Waals surface area contributed by atoms with Crippen molar-refractivity contribution in [3.05, 3.63) is 10.6 Å². The van der Waals surface area contributed by atoms with Gasteiger partial charge in [-0.05, 0) is 6.92 Å². The van der Waals surface area contributed by atoms with Crippen LogP contribution in [-0.2, 0) is 22.6 Å². The number of fused-ring (bicyclic) bond motifs is 1. The molecule has 1 aliphatic rings. The summed E-state index contributed by atoms with van der Waals surface area (Å²) in [6.07, 6.45) is 1.15. The number of nitrogens with zero attached hydrogens (tertiary/aromatic N) is 1. The lowest BCUT2D eigenvalue weighted by molar-refractivity contribution is -0.116. The van der Waals surface area contributed by atoms with E-state index in [1.165, 1.54) is 11.3 Å². The van der Waals surface area contributed by atoms with Crippen LogP contribution in [-0.4, -0.2) is 23.5 Å². The number of aromatic nitrogens is 1. The molecular formula is C10H16ClN3O2S. The molecule has 2 rings (SSSR count). The Labute approximate surface area is 110 Å². The summed E-state index contributed by atoms with van der Waals surface area (Å²) in [7, 11) is 0. The Bertz CT molecular complexity index is 371. The minimum Gasteiger partial charge on any atom is -0.375 e. The molecule has 0 saturated carbocycles. The van der Waals surface area contributed by atoms with Crippen LogP contribution in [0, 0.1) is 0 Å². The van der Waals surface area contributed by atoms with Crippen molar-refractivity contribution in [3.8, 4) is 0 Å². The van der Waals surface area contributed by atoms with Gasteiger partial charge in [0.25, 0.3) is 0 Å². The molecule has 0 fully saturated rings. The van der Waals surface area contributed by atoms with Gasteiger partial charge in [0.2, 0.25) is 5.91 Å². The predicted molar refractivity (Wildman–Crippen MR) is 69.6 cm³/mol. The fourth-order valence-electron chi connectivity index (χ4n) is 1.54. The number of thiazole rings is 1. The van der Waals surface area contributed by atoms with Crippen LogP contribution in [0.15, 0.2) is 0 Å². The summed E-state index contributed by atoms with van der Waals surface area (Å²) in [5, 5.41) is 3.42. The van der Waals surface area contributed by atoms with E-state index in [0.29, 0.717) is 24.8 Å². The largest absolute Gasteiger partial charge is 0.375 e. The van der Waals surface area contributed by atoms with Crippen molar-refractivity contribution in [1.82, 2.24) is 4.98 Å². The second-order valence-corrected chi connectivity index (χ2v) is 5.00. The topological polar surface area (TPSA) is 77.2 Å². The third kappa shape index (κ3) is 3.92. The molecule has 1 aliphatic heterocycles. The van der Waals surface area contributed by atoms with Crippen molar-refractivity contribution >= 4 is 34.8 Å². The fourth-order valence-corrected chi connectivity index (χ4v) is 2.50. The molecule has 3 N–H and O–H groups in total. The van der Waals surface area contributed by atoms with Crippen molar-refractivity contribution in [2.75, 3.05) is 11.9 Å². The maximum Gasteiger partial charge on any atom is 0.227 e. The molecule has 7 heteroatoms. The van der Waals surface area contributed by atoms with Gasteiger partial charge in [0.1, 0.15) is 0 Å². The van der Waals surface area contributed by atoms with E-state index < -0.39 is 0 Å². The smallest absolute Gasteiger partial charge is 0.227 e. The number of amides is 1. The van der Waals surface area contributed by atoms with Gasteiger partial charge >= 0.3 is 0 Å². The molecule has 96 valence electrons. The molecular weight excluding hydrogens is 262 g/mol. The van der Waals surface area contributed by atoms with Crippen molar-refractivity contribution in [1.29, 1.82) is 0 Å². The molecule has 0 bridgehead atoms. The van der Waals surface area contributed by atoms with E-state index in [4.69, 9.17) is 10.5 Å². The van der Waals surface area contributed by atoms with Crippen LogP contribution in [0.3, 0.4) is 0 Å². The summed E-state index contributed by atoms with van der Waals surface area (Å²) >= 11 is 1.48. The Hall–Kier alpha value is -0.690. The summed E-state index contributed by atoms with van der Waals surface area (Å²) < 4.78 is 5.32. The van der Waals surface area contributed by atoms with Gasteiger partial charge in [-0.2, -0.15) is 0 Å². The van der Waals surface area contributed by atoms with E-state index in [1.54, 1.807) is 6.92 Å². The van der Waals surface area contributed by atoms with E-state index in [2.05, 4.69) is 10.3 Å². The Morgan fingerprint density at radius 1 is 1.71 bits per heavy atom. The first-order valence-electron chi connectivity index (χ1n) is 5.27. The Balaban J connectivity index is 0.00000144. The first-order chi connectivity index (χ1) is 7.65. The SMILES string of the molecule is CC(N)CC(=O)Nc1nc2c(s1)COCC2.Cl. The van der Waals surface area contributed by atoms with E-state index in [9.17, 15) is 4.79 Å². The number of hydrogen-bond acceptors (Lipinski definition) is 5. The molecule has 1 amide bonds. The molecule has 5 nitrogen and oxygen atoms in total. The Kier molecular flexibility index (Phi) is 5.32.